The second-order valence-corrected chi connectivity index (χ2v) is 9.34. The van der Waals surface area contributed by atoms with E-state index in [9.17, 15) is 4.79 Å². The Morgan fingerprint density at radius 1 is 1.03 bits per heavy atom. The monoisotopic (exact) mass is 399 g/mol. The van der Waals surface area contributed by atoms with Crippen molar-refractivity contribution in [2.75, 3.05) is 63.1 Å². The summed E-state index contributed by atoms with van der Waals surface area (Å²) in [7, 11) is 2.17. The fourth-order valence-electron chi connectivity index (χ4n) is 5.11. The highest BCUT2D eigenvalue weighted by molar-refractivity contribution is 5.90. The number of hydrogen-bond acceptors (Lipinski definition) is 4. The molecule has 0 aromatic heterocycles. The van der Waals surface area contributed by atoms with E-state index in [1.165, 1.54) is 43.5 Å². The molecule has 0 bridgehead atoms. The van der Waals surface area contributed by atoms with Gasteiger partial charge in [0, 0.05) is 63.2 Å². The fourth-order valence-corrected chi connectivity index (χ4v) is 5.11. The number of nitrogens with one attached hydrogen (secondary N) is 2. The SMILES string of the molecule is Cc1cc(NC(=O)N[C@@H]2CCN(CC3CCCC3)C2)cc(N2CCN(C)CC2)c1. The summed E-state index contributed by atoms with van der Waals surface area (Å²) in [6.45, 7) is 9.64. The average molecular weight is 400 g/mol. The van der Waals surface area contributed by atoms with Gasteiger partial charge in [0.1, 0.15) is 0 Å². The van der Waals surface area contributed by atoms with Crippen LogP contribution >= 0.6 is 0 Å². The highest BCUT2D eigenvalue weighted by Crippen LogP contribution is 2.27. The Morgan fingerprint density at radius 3 is 2.55 bits per heavy atom. The molecule has 6 nitrogen and oxygen atoms in total. The van der Waals surface area contributed by atoms with Gasteiger partial charge in [-0.1, -0.05) is 12.8 Å². The first-order chi connectivity index (χ1) is 14.0. The van der Waals surface area contributed by atoms with Crippen molar-refractivity contribution in [3.8, 4) is 0 Å². The zero-order valence-electron chi connectivity index (χ0n) is 18.1. The van der Waals surface area contributed by atoms with Crippen LogP contribution in [0.25, 0.3) is 0 Å². The molecule has 3 fully saturated rings. The second kappa shape index (κ2) is 9.35. The van der Waals surface area contributed by atoms with Crippen molar-refractivity contribution >= 4 is 17.4 Å². The summed E-state index contributed by atoms with van der Waals surface area (Å²) in [6, 6.07) is 6.57. The molecule has 0 spiro atoms. The third kappa shape index (κ3) is 5.64. The zero-order chi connectivity index (χ0) is 20.2. The Morgan fingerprint density at radius 2 is 1.79 bits per heavy atom. The van der Waals surface area contributed by atoms with Crippen LogP contribution in [0.3, 0.4) is 0 Å². The Kier molecular flexibility index (Phi) is 6.60. The van der Waals surface area contributed by atoms with Gasteiger partial charge in [0.25, 0.3) is 0 Å². The molecule has 0 unspecified atom stereocenters. The highest BCUT2D eigenvalue weighted by atomic mass is 16.2. The minimum absolute atomic E-state index is 0.0763. The van der Waals surface area contributed by atoms with Crippen molar-refractivity contribution in [1.82, 2.24) is 15.1 Å². The average Bonchev–Trinajstić information content (AvgIpc) is 3.34. The maximum atomic E-state index is 12.6. The molecule has 6 heteroatoms. The minimum atomic E-state index is -0.0763. The molecule has 2 N–H and O–H groups in total. The lowest BCUT2D eigenvalue weighted by atomic mass is 10.1. The number of nitrogens with zero attached hydrogens (tertiary/aromatic N) is 3. The third-order valence-electron chi connectivity index (χ3n) is 6.79. The van der Waals surface area contributed by atoms with E-state index in [1.807, 2.05) is 0 Å². The first kappa shape index (κ1) is 20.5. The molecule has 2 heterocycles. The van der Waals surface area contributed by atoms with E-state index < -0.39 is 0 Å². The zero-order valence-corrected chi connectivity index (χ0v) is 18.1. The lowest BCUT2D eigenvalue weighted by Gasteiger charge is -2.34. The largest absolute Gasteiger partial charge is 0.369 e. The van der Waals surface area contributed by atoms with Crippen LogP contribution in [-0.2, 0) is 0 Å². The molecule has 29 heavy (non-hydrogen) atoms. The van der Waals surface area contributed by atoms with Crippen molar-refractivity contribution < 1.29 is 4.79 Å². The van der Waals surface area contributed by atoms with Crippen molar-refractivity contribution in [2.45, 2.75) is 45.1 Å². The molecule has 1 saturated carbocycles. The van der Waals surface area contributed by atoms with Crippen LogP contribution in [0.15, 0.2) is 18.2 Å². The Balaban J connectivity index is 1.28. The minimum Gasteiger partial charge on any atom is -0.369 e. The molecule has 0 radical (unpaired) electrons. The maximum Gasteiger partial charge on any atom is 0.319 e. The Labute approximate surface area is 175 Å². The molecule has 2 amide bonds. The molecule has 1 aromatic rings. The summed E-state index contributed by atoms with van der Waals surface area (Å²) in [6.07, 6.45) is 6.63. The molecular weight excluding hydrogens is 362 g/mol. The second-order valence-electron chi connectivity index (χ2n) is 9.34. The lowest BCUT2D eigenvalue weighted by Crippen LogP contribution is -2.44. The van der Waals surface area contributed by atoms with E-state index in [1.54, 1.807) is 0 Å². The van der Waals surface area contributed by atoms with Crippen LogP contribution in [0, 0.1) is 12.8 Å². The van der Waals surface area contributed by atoms with Crippen LogP contribution in [-0.4, -0.2) is 74.7 Å². The number of likely N-dealkylation sites (N-methyl/N-ethyl adjacent to an activating group) is 1. The Hall–Kier alpha value is -1.79. The van der Waals surface area contributed by atoms with E-state index in [-0.39, 0.29) is 12.1 Å². The van der Waals surface area contributed by atoms with Crippen molar-refractivity contribution in [3.05, 3.63) is 23.8 Å². The number of piperazine rings is 1. The van der Waals surface area contributed by atoms with Gasteiger partial charge in [-0.15, -0.1) is 0 Å². The third-order valence-corrected chi connectivity index (χ3v) is 6.79. The predicted molar refractivity (Wildman–Crippen MR) is 120 cm³/mol. The van der Waals surface area contributed by atoms with Crippen molar-refractivity contribution in [2.24, 2.45) is 5.92 Å². The molecule has 3 aliphatic rings. The number of aryl methyl sites for hydroxylation is 1. The molecular formula is C23H37N5O. The summed E-state index contributed by atoms with van der Waals surface area (Å²) in [5, 5.41) is 6.27. The quantitative estimate of drug-likeness (QED) is 0.799. The van der Waals surface area contributed by atoms with Gasteiger partial charge in [-0.2, -0.15) is 0 Å². The topological polar surface area (TPSA) is 50.9 Å². The number of anilines is 2. The summed E-state index contributed by atoms with van der Waals surface area (Å²) >= 11 is 0. The molecule has 1 aromatic carbocycles. The van der Waals surface area contributed by atoms with Gasteiger partial charge in [-0.05, 0) is 62.9 Å². The standard InChI is InChI=1S/C23H37N5O/c1-18-13-21(15-22(14-18)28-11-9-26(2)10-12-28)25-23(29)24-20-7-8-27(17-20)16-19-5-3-4-6-19/h13-15,19-20H,3-12,16-17H2,1-2H3,(H2,24,25,29)/t20-/m1/s1. The van der Waals surface area contributed by atoms with Gasteiger partial charge in [0.2, 0.25) is 0 Å². The smallest absolute Gasteiger partial charge is 0.319 e. The molecule has 1 atom stereocenters. The summed E-state index contributed by atoms with van der Waals surface area (Å²) < 4.78 is 0. The Bertz CT molecular complexity index is 695. The van der Waals surface area contributed by atoms with E-state index >= 15 is 0 Å². The summed E-state index contributed by atoms with van der Waals surface area (Å²) in [4.78, 5) is 19.9. The molecule has 1 aliphatic carbocycles. The number of benzene rings is 1. The van der Waals surface area contributed by atoms with Gasteiger partial charge in [0.05, 0.1) is 0 Å². The molecule has 160 valence electrons. The number of amides is 2. The van der Waals surface area contributed by atoms with Crippen LogP contribution in [0.2, 0.25) is 0 Å². The number of likely N-dealkylation sites (tertiary alicyclic amines) is 1. The number of urea groups is 1. The maximum absolute atomic E-state index is 12.6. The fraction of sp³-hybridized carbons (Fsp3) is 0.696. The van der Waals surface area contributed by atoms with Crippen LogP contribution < -0.4 is 15.5 Å². The normalized spacial score (nSPS) is 24.2. The van der Waals surface area contributed by atoms with E-state index in [2.05, 4.69) is 57.5 Å². The summed E-state index contributed by atoms with van der Waals surface area (Å²) in [5.74, 6) is 0.878. The first-order valence-corrected chi connectivity index (χ1v) is 11.4. The van der Waals surface area contributed by atoms with E-state index in [4.69, 9.17) is 0 Å². The van der Waals surface area contributed by atoms with Crippen molar-refractivity contribution in [3.63, 3.8) is 0 Å². The summed E-state index contributed by atoms with van der Waals surface area (Å²) in [5.41, 5.74) is 3.27. The van der Waals surface area contributed by atoms with Gasteiger partial charge < -0.3 is 25.3 Å². The predicted octanol–water partition coefficient (Wildman–Crippen LogP) is 3.13. The molecule has 2 aliphatic heterocycles. The van der Waals surface area contributed by atoms with Crippen LogP contribution in [0.5, 0.6) is 0 Å². The molecule has 4 rings (SSSR count). The lowest BCUT2D eigenvalue weighted by molar-refractivity contribution is 0.245. The van der Waals surface area contributed by atoms with Crippen LogP contribution in [0.4, 0.5) is 16.2 Å². The molecule has 2 saturated heterocycles. The van der Waals surface area contributed by atoms with Crippen LogP contribution in [0.1, 0.15) is 37.7 Å². The van der Waals surface area contributed by atoms with E-state index in [0.717, 1.165) is 57.3 Å². The van der Waals surface area contributed by atoms with Gasteiger partial charge in [-0.3, -0.25) is 0 Å². The number of rotatable bonds is 5. The number of carbonyl (C=O) groups excluding carboxylic acids is 1. The van der Waals surface area contributed by atoms with Gasteiger partial charge in [-0.25, -0.2) is 4.79 Å². The highest BCUT2D eigenvalue weighted by Gasteiger charge is 2.27. The number of carbonyl (C=O) groups is 1. The number of hydrogen-bond donors (Lipinski definition) is 2. The van der Waals surface area contributed by atoms with E-state index in [0.29, 0.717) is 0 Å². The van der Waals surface area contributed by atoms with Gasteiger partial charge >= 0.3 is 6.03 Å². The first-order valence-electron chi connectivity index (χ1n) is 11.4. The van der Waals surface area contributed by atoms with Gasteiger partial charge in [0.15, 0.2) is 0 Å². The van der Waals surface area contributed by atoms with Crippen molar-refractivity contribution in [1.29, 1.82) is 0 Å².